The van der Waals surface area contributed by atoms with Crippen molar-refractivity contribution in [1.29, 1.82) is 0 Å². The van der Waals surface area contributed by atoms with Crippen molar-refractivity contribution in [2.45, 2.75) is 6.92 Å². The molecule has 3 aromatic rings. The van der Waals surface area contributed by atoms with Crippen molar-refractivity contribution in [2.75, 3.05) is 49.1 Å². The predicted molar refractivity (Wildman–Crippen MR) is 128 cm³/mol. The van der Waals surface area contributed by atoms with E-state index in [0.717, 1.165) is 11.3 Å². The van der Waals surface area contributed by atoms with Crippen molar-refractivity contribution in [3.8, 4) is 5.75 Å². The van der Waals surface area contributed by atoms with E-state index < -0.39 is 4.92 Å². The summed E-state index contributed by atoms with van der Waals surface area (Å²) in [7, 11) is 1.37. The fourth-order valence-electron chi connectivity index (χ4n) is 3.31. The highest BCUT2D eigenvalue weighted by molar-refractivity contribution is 5.86. The number of nitrogens with zero attached hydrogens (tertiary/aromatic N) is 6. The third kappa shape index (κ3) is 5.53. The van der Waals surface area contributed by atoms with Gasteiger partial charge in [-0.3, -0.25) is 10.1 Å². The lowest BCUT2D eigenvalue weighted by Crippen LogP contribution is -2.37. The van der Waals surface area contributed by atoms with Crippen LogP contribution in [0.25, 0.3) is 0 Å². The SMILES string of the molecule is COc1c(/C=N/Nc2nc(Nc3ccc(C)cc3)nc(N3CCOCC3)n2)cccc1[N+](=O)[O-]. The van der Waals surface area contributed by atoms with Crippen molar-refractivity contribution in [3.05, 3.63) is 63.7 Å². The first-order valence-electron chi connectivity index (χ1n) is 10.6. The molecule has 1 aromatic heterocycles. The van der Waals surface area contributed by atoms with Gasteiger partial charge in [-0.05, 0) is 25.1 Å². The van der Waals surface area contributed by atoms with Crippen molar-refractivity contribution >= 4 is 35.4 Å². The molecule has 1 saturated heterocycles. The minimum absolute atomic E-state index is 0.115. The molecule has 0 spiro atoms. The average molecular weight is 464 g/mol. The van der Waals surface area contributed by atoms with Crippen LogP contribution in [0, 0.1) is 17.0 Å². The Morgan fingerprint density at radius 2 is 1.85 bits per heavy atom. The molecule has 1 aliphatic heterocycles. The number of hydrazone groups is 1. The lowest BCUT2D eigenvalue weighted by Gasteiger charge is -2.27. The standard InChI is InChI=1S/C22H24N8O4/c1-15-6-8-17(9-7-15)24-20-25-21(27-22(26-20)29-10-12-34-13-11-29)28-23-14-16-4-3-5-18(30(31)32)19(16)33-2/h3-9,14H,10-13H2,1-2H3,(H2,24,25,26,27,28)/b23-14+. The van der Waals surface area contributed by atoms with Gasteiger partial charge in [0, 0.05) is 30.4 Å². The van der Waals surface area contributed by atoms with E-state index >= 15 is 0 Å². The molecule has 0 unspecified atom stereocenters. The zero-order valence-corrected chi connectivity index (χ0v) is 18.8. The Bertz CT molecular complexity index is 1180. The number of aryl methyl sites for hydroxylation is 1. The van der Waals surface area contributed by atoms with E-state index in [-0.39, 0.29) is 17.4 Å². The van der Waals surface area contributed by atoms with Crippen LogP contribution in [-0.2, 0) is 4.74 Å². The fourth-order valence-corrected chi connectivity index (χ4v) is 3.31. The molecule has 176 valence electrons. The number of anilines is 4. The number of nitrogens with one attached hydrogen (secondary N) is 2. The molecule has 0 atom stereocenters. The Kier molecular flexibility index (Phi) is 7.08. The van der Waals surface area contributed by atoms with Gasteiger partial charge in [0.05, 0.1) is 31.5 Å². The van der Waals surface area contributed by atoms with Gasteiger partial charge in [-0.1, -0.05) is 23.8 Å². The molecule has 0 radical (unpaired) electrons. The highest BCUT2D eigenvalue weighted by Crippen LogP contribution is 2.29. The molecule has 0 aliphatic carbocycles. The third-order valence-corrected chi connectivity index (χ3v) is 5.02. The molecule has 2 N–H and O–H groups in total. The van der Waals surface area contributed by atoms with Gasteiger partial charge in [-0.25, -0.2) is 5.43 Å². The van der Waals surface area contributed by atoms with Crippen molar-refractivity contribution in [2.24, 2.45) is 5.10 Å². The van der Waals surface area contributed by atoms with E-state index in [1.807, 2.05) is 36.1 Å². The van der Waals surface area contributed by atoms with E-state index in [0.29, 0.717) is 43.8 Å². The van der Waals surface area contributed by atoms with Gasteiger partial charge in [0.2, 0.25) is 23.6 Å². The maximum atomic E-state index is 11.2. The zero-order chi connectivity index (χ0) is 23.9. The molecular weight excluding hydrogens is 440 g/mol. The summed E-state index contributed by atoms with van der Waals surface area (Å²) in [4.78, 5) is 26.2. The topological polar surface area (TPSA) is 140 Å². The molecule has 2 aromatic carbocycles. The molecule has 0 bridgehead atoms. The van der Waals surface area contributed by atoms with Crippen LogP contribution in [0.15, 0.2) is 47.6 Å². The number of para-hydroxylation sites is 1. The van der Waals surface area contributed by atoms with Crippen LogP contribution in [0.4, 0.5) is 29.2 Å². The van der Waals surface area contributed by atoms with Crippen LogP contribution in [0.1, 0.15) is 11.1 Å². The van der Waals surface area contributed by atoms with Gasteiger partial charge in [0.25, 0.3) is 0 Å². The summed E-state index contributed by atoms with van der Waals surface area (Å²) in [5, 5.41) is 18.6. The largest absolute Gasteiger partial charge is 0.490 e. The van der Waals surface area contributed by atoms with Crippen LogP contribution in [0.5, 0.6) is 5.75 Å². The number of benzene rings is 2. The first kappa shape index (κ1) is 22.9. The Hall–Kier alpha value is -4.32. The second kappa shape index (κ2) is 10.5. The second-order valence-corrected chi connectivity index (χ2v) is 7.40. The second-order valence-electron chi connectivity index (χ2n) is 7.40. The summed E-state index contributed by atoms with van der Waals surface area (Å²) in [6.07, 6.45) is 1.41. The third-order valence-electron chi connectivity index (χ3n) is 5.02. The first-order valence-corrected chi connectivity index (χ1v) is 10.6. The number of methoxy groups -OCH3 is 1. The fraction of sp³-hybridized carbons (Fsp3) is 0.273. The summed E-state index contributed by atoms with van der Waals surface area (Å²) < 4.78 is 10.6. The number of hydrogen-bond acceptors (Lipinski definition) is 11. The van der Waals surface area contributed by atoms with E-state index in [9.17, 15) is 10.1 Å². The van der Waals surface area contributed by atoms with Gasteiger partial charge in [0.15, 0.2) is 0 Å². The molecule has 2 heterocycles. The van der Waals surface area contributed by atoms with E-state index in [2.05, 4.69) is 30.8 Å². The number of ether oxygens (including phenoxy) is 2. The molecular formula is C22H24N8O4. The zero-order valence-electron chi connectivity index (χ0n) is 18.8. The molecule has 1 fully saturated rings. The summed E-state index contributed by atoms with van der Waals surface area (Å²) >= 11 is 0. The van der Waals surface area contributed by atoms with Crippen LogP contribution < -0.4 is 20.4 Å². The van der Waals surface area contributed by atoms with Gasteiger partial charge in [-0.15, -0.1) is 0 Å². The van der Waals surface area contributed by atoms with Crippen LogP contribution >= 0.6 is 0 Å². The molecule has 1 aliphatic rings. The number of nitro benzene ring substituents is 1. The quantitative estimate of drug-likeness (QED) is 0.290. The van der Waals surface area contributed by atoms with E-state index in [1.165, 1.54) is 19.4 Å². The minimum atomic E-state index is -0.507. The number of rotatable bonds is 8. The number of aromatic nitrogens is 3. The average Bonchev–Trinajstić information content (AvgIpc) is 2.85. The highest BCUT2D eigenvalue weighted by atomic mass is 16.6. The molecule has 34 heavy (non-hydrogen) atoms. The monoisotopic (exact) mass is 464 g/mol. The maximum Gasteiger partial charge on any atom is 0.311 e. The predicted octanol–water partition coefficient (Wildman–Crippen LogP) is 3.12. The van der Waals surface area contributed by atoms with Crippen LogP contribution in [-0.4, -0.2) is 59.5 Å². The summed E-state index contributed by atoms with van der Waals surface area (Å²) in [6, 6.07) is 12.4. The molecule has 12 nitrogen and oxygen atoms in total. The van der Waals surface area contributed by atoms with Crippen molar-refractivity contribution < 1.29 is 14.4 Å². The Morgan fingerprint density at radius 3 is 2.56 bits per heavy atom. The van der Waals surface area contributed by atoms with Gasteiger partial charge in [0.1, 0.15) is 0 Å². The Morgan fingerprint density at radius 1 is 1.12 bits per heavy atom. The highest BCUT2D eigenvalue weighted by Gasteiger charge is 2.18. The van der Waals surface area contributed by atoms with Gasteiger partial charge >= 0.3 is 5.69 Å². The minimum Gasteiger partial charge on any atom is -0.490 e. The lowest BCUT2D eigenvalue weighted by molar-refractivity contribution is -0.385. The summed E-state index contributed by atoms with van der Waals surface area (Å²) in [5.74, 6) is 1.17. The number of nitro groups is 1. The van der Waals surface area contributed by atoms with Crippen molar-refractivity contribution in [3.63, 3.8) is 0 Å². The number of morpholine rings is 1. The van der Waals surface area contributed by atoms with Crippen LogP contribution in [0.2, 0.25) is 0 Å². The smallest absolute Gasteiger partial charge is 0.311 e. The number of hydrogen-bond donors (Lipinski definition) is 2. The maximum absolute atomic E-state index is 11.2. The molecule has 0 saturated carbocycles. The summed E-state index contributed by atoms with van der Waals surface area (Å²) in [6.45, 7) is 4.49. The Balaban J connectivity index is 1.59. The normalized spacial score (nSPS) is 13.6. The summed E-state index contributed by atoms with van der Waals surface area (Å²) in [5.41, 5.74) is 5.06. The van der Waals surface area contributed by atoms with Crippen LogP contribution in [0.3, 0.4) is 0 Å². The van der Waals surface area contributed by atoms with Gasteiger partial charge in [-0.2, -0.15) is 20.1 Å². The van der Waals surface area contributed by atoms with E-state index in [1.54, 1.807) is 12.1 Å². The molecule has 12 heteroatoms. The van der Waals surface area contributed by atoms with E-state index in [4.69, 9.17) is 9.47 Å². The molecule has 4 rings (SSSR count). The van der Waals surface area contributed by atoms with Gasteiger partial charge < -0.3 is 19.7 Å². The lowest BCUT2D eigenvalue weighted by atomic mass is 10.2. The first-order chi connectivity index (χ1) is 16.5. The molecule has 0 amide bonds. The Labute approximate surface area is 195 Å². The van der Waals surface area contributed by atoms with Crippen molar-refractivity contribution in [1.82, 2.24) is 15.0 Å².